The first-order valence-corrected chi connectivity index (χ1v) is 14.3. The third kappa shape index (κ3) is 7.66. The smallest absolute Gasteiger partial charge is 0.253 e. The molecule has 0 bridgehead atoms. The Morgan fingerprint density at radius 3 is 2.64 bits per heavy atom. The van der Waals surface area contributed by atoms with Crippen LogP contribution >= 0.6 is 0 Å². The van der Waals surface area contributed by atoms with Crippen molar-refractivity contribution >= 4 is 17.5 Å². The highest BCUT2D eigenvalue weighted by molar-refractivity contribution is 5.95. The number of carbonyl (C=O) groups excluding carboxylic acids is 1. The van der Waals surface area contributed by atoms with Gasteiger partial charge in [-0.25, -0.2) is 19.6 Å². The summed E-state index contributed by atoms with van der Waals surface area (Å²) in [5, 5.41) is 16.9. The van der Waals surface area contributed by atoms with Gasteiger partial charge in [0.1, 0.15) is 36.3 Å². The molecule has 44 heavy (non-hydrogen) atoms. The Labute approximate surface area is 256 Å². The number of methoxy groups -OCH3 is 1. The summed E-state index contributed by atoms with van der Waals surface area (Å²) in [7, 11) is 3.36. The van der Waals surface area contributed by atoms with E-state index in [1.165, 1.54) is 6.33 Å². The Kier molecular flexibility index (Phi) is 9.96. The summed E-state index contributed by atoms with van der Waals surface area (Å²) in [5.74, 6) is 1.24. The highest BCUT2D eigenvalue weighted by Gasteiger charge is 2.18. The van der Waals surface area contributed by atoms with E-state index in [1.807, 2.05) is 13.0 Å². The number of ether oxygens (including phenoxy) is 3. The fourth-order valence-electron chi connectivity index (χ4n) is 4.76. The molecule has 1 amide bonds. The number of carbonyl (C=O) groups is 1. The molecule has 3 heterocycles. The molecule has 4 aromatic rings. The van der Waals surface area contributed by atoms with E-state index < -0.39 is 0 Å². The van der Waals surface area contributed by atoms with Crippen LogP contribution in [-0.4, -0.2) is 100 Å². The maximum atomic E-state index is 13.1. The fraction of sp³-hybridized carbons (Fsp3) is 0.355. The lowest BCUT2D eigenvalue weighted by atomic mass is 10.1. The van der Waals surface area contributed by atoms with Crippen LogP contribution in [0.5, 0.6) is 11.5 Å². The molecule has 1 atom stereocenters. The van der Waals surface area contributed by atoms with Crippen LogP contribution < -0.4 is 14.8 Å². The molecule has 0 spiro atoms. The fourth-order valence-corrected chi connectivity index (χ4v) is 4.76. The Hall–Kier alpha value is -5.06. The van der Waals surface area contributed by atoms with Crippen LogP contribution in [0.2, 0.25) is 0 Å². The summed E-state index contributed by atoms with van der Waals surface area (Å²) in [6.45, 7) is 7.04. The maximum Gasteiger partial charge on any atom is 0.253 e. The molecular formula is C31H35N9O4. The number of hydrogen-bond acceptors (Lipinski definition) is 11. The standard InChI is InChI=1S/C31H35N9O4/c1-22(19-40-21-33-20-36-40)44-28-14-23(4-5-25(28)16-32)26-17-34-31(35-18-26)37-27-7-6-24(15-29(27)42-3)30(41)38(2)8-9-39-10-12-43-13-11-39/h4-7,14-15,17-18,20-22H,8-13,19H2,1-3H3,(H,34,35,37)/t22-/m0/s1. The van der Waals surface area contributed by atoms with Gasteiger partial charge in [0, 0.05) is 56.7 Å². The molecule has 2 aromatic heterocycles. The molecule has 5 rings (SSSR count). The molecule has 13 heteroatoms. The SMILES string of the molecule is COc1cc(C(=O)N(C)CCN2CCOCC2)ccc1Nc1ncc(-c2ccc(C#N)c(O[C@@H](C)Cn3cncn3)c2)cn1. The van der Waals surface area contributed by atoms with Crippen LogP contribution in [-0.2, 0) is 11.3 Å². The van der Waals surface area contributed by atoms with Gasteiger partial charge in [0.15, 0.2) is 0 Å². The average molecular weight is 598 g/mol. The zero-order chi connectivity index (χ0) is 30.9. The highest BCUT2D eigenvalue weighted by atomic mass is 16.5. The molecular weight excluding hydrogens is 562 g/mol. The number of nitrogens with zero attached hydrogens (tertiary/aromatic N) is 8. The number of rotatable bonds is 12. The zero-order valence-corrected chi connectivity index (χ0v) is 25.0. The molecule has 1 fully saturated rings. The Bertz CT molecular complexity index is 1580. The van der Waals surface area contributed by atoms with Crippen LogP contribution in [0.1, 0.15) is 22.8 Å². The molecule has 0 saturated carbocycles. The number of anilines is 2. The third-order valence-corrected chi connectivity index (χ3v) is 7.22. The minimum Gasteiger partial charge on any atom is -0.495 e. The lowest BCUT2D eigenvalue weighted by Crippen LogP contribution is -2.41. The second-order valence-corrected chi connectivity index (χ2v) is 10.4. The Balaban J connectivity index is 1.23. The van der Waals surface area contributed by atoms with Crippen LogP contribution in [0, 0.1) is 11.3 Å². The number of morpholine rings is 1. The van der Waals surface area contributed by atoms with E-state index in [4.69, 9.17) is 14.2 Å². The topological polar surface area (TPSA) is 144 Å². The normalized spacial score (nSPS) is 14.0. The van der Waals surface area contributed by atoms with Crippen LogP contribution in [0.15, 0.2) is 61.4 Å². The van der Waals surface area contributed by atoms with E-state index in [0.717, 1.165) is 44.0 Å². The summed E-state index contributed by atoms with van der Waals surface area (Å²) in [5.41, 5.74) is 3.14. The van der Waals surface area contributed by atoms with Crippen molar-refractivity contribution in [2.45, 2.75) is 19.6 Å². The van der Waals surface area contributed by atoms with Crippen LogP contribution in [0.25, 0.3) is 11.1 Å². The predicted molar refractivity (Wildman–Crippen MR) is 163 cm³/mol. The second-order valence-electron chi connectivity index (χ2n) is 10.4. The molecule has 0 aliphatic carbocycles. The number of likely N-dealkylation sites (N-methyl/N-ethyl adjacent to an activating group) is 1. The van der Waals surface area contributed by atoms with Crippen molar-refractivity contribution in [1.29, 1.82) is 5.26 Å². The van der Waals surface area contributed by atoms with Gasteiger partial charge in [0.2, 0.25) is 5.95 Å². The van der Waals surface area contributed by atoms with E-state index in [1.54, 1.807) is 72.8 Å². The first-order valence-electron chi connectivity index (χ1n) is 14.3. The van der Waals surface area contributed by atoms with Crippen molar-refractivity contribution in [3.63, 3.8) is 0 Å². The summed E-state index contributed by atoms with van der Waals surface area (Å²) in [4.78, 5) is 30.0. The molecule has 1 aliphatic rings. The molecule has 1 aliphatic heterocycles. The monoisotopic (exact) mass is 597 g/mol. The molecule has 1 N–H and O–H groups in total. The number of nitrogens with one attached hydrogen (secondary N) is 1. The summed E-state index contributed by atoms with van der Waals surface area (Å²) in [6.07, 6.45) is 6.22. The van der Waals surface area contributed by atoms with Gasteiger partial charge in [-0.2, -0.15) is 10.4 Å². The van der Waals surface area contributed by atoms with Gasteiger partial charge in [-0.05, 0) is 42.8 Å². The predicted octanol–water partition coefficient (Wildman–Crippen LogP) is 3.23. The molecule has 1 saturated heterocycles. The number of nitriles is 1. The largest absolute Gasteiger partial charge is 0.495 e. The Morgan fingerprint density at radius 2 is 1.93 bits per heavy atom. The van der Waals surface area contributed by atoms with Gasteiger partial charge >= 0.3 is 0 Å². The number of aromatic nitrogens is 5. The maximum absolute atomic E-state index is 13.1. The van der Waals surface area contributed by atoms with E-state index in [-0.39, 0.29) is 12.0 Å². The minimum absolute atomic E-state index is 0.0812. The number of hydrogen-bond donors (Lipinski definition) is 1. The van der Waals surface area contributed by atoms with Crippen LogP contribution in [0.3, 0.4) is 0 Å². The minimum atomic E-state index is -0.242. The van der Waals surface area contributed by atoms with E-state index in [2.05, 4.69) is 36.3 Å². The quantitative estimate of drug-likeness (QED) is 0.257. The summed E-state index contributed by atoms with van der Waals surface area (Å²) < 4.78 is 18.7. The van der Waals surface area contributed by atoms with Gasteiger partial charge in [0.05, 0.1) is 38.1 Å². The van der Waals surface area contributed by atoms with E-state index in [9.17, 15) is 10.1 Å². The third-order valence-electron chi connectivity index (χ3n) is 7.22. The second kappa shape index (κ2) is 14.4. The van der Waals surface area contributed by atoms with Crippen molar-refractivity contribution in [1.82, 2.24) is 34.5 Å². The lowest BCUT2D eigenvalue weighted by molar-refractivity contribution is 0.0338. The van der Waals surface area contributed by atoms with Crippen molar-refractivity contribution in [2.24, 2.45) is 0 Å². The number of amides is 1. The van der Waals surface area contributed by atoms with Crippen molar-refractivity contribution in [2.75, 3.05) is 58.9 Å². The molecule has 0 unspecified atom stereocenters. The summed E-state index contributed by atoms with van der Waals surface area (Å²) in [6, 6.07) is 12.8. The lowest BCUT2D eigenvalue weighted by Gasteiger charge is -2.28. The van der Waals surface area contributed by atoms with E-state index in [0.29, 0.717) is 47.4 Å². The van der Waals surface area contributed by atoms with Crippen molar-refractivity contribution < 1.29 is 19.0 Å². The molecule has 2 aromatic carbocycles. The van der Waals surface area contributed by atoms with Crippen molar-refractivity contribution in [3.05, 3.63) is 72.6 Å². The highest BCUT2D eigenvalue weighted by Crippen LogP contribution is 2.30. The van der Waals surface area contributed by atoms with Gasteiger partial charge in [-0.1, -0.05) is 6.07 Å². The molecule has 13 nitrogen and oxygen atoms in total. The van der Waals surface area contributed by atoms with Gasteiger partial charge < -0.3 is 24.4 Å². The van der Waals surface area contributed by atoms with Gasteiger partial charge in [-0.15, -0.1) is 0 Å². The van der Waals surface area contributed by atoms with Gasteiger partial charge in [0.25, 0.3) is 5.91 Å². The Morgan fingerprint density at radius 1 is 1.14 bits per heavy atom. The van der Waals surface area contributed by atoms with Crippen LogP contribution in [0.4, 0.5) is 11.6 Å². The average Bonchev–Trinajstić information content (AvgIpc) is 3.57. The first kappa shape index (κ1) is 30.4. The summed E-state index contributed by atoms with van der Waals surface area (Å²) >= 11 is 0. The van der Waals surface area contributed by atoms with Gasteiger partial charge in [-0.3, -0.25) is 9.69 Å². The molecule has 0 radical (unpaired) electrons. The zero-order valence-electron chi connectivity index (χ0n) is 25.0. The number of benzene rings is 2. The first-order chi connectivity index (χ1) is 21.4. The molecule has 228 valence electrons. The van der Waals surface area contributed by atoms with Crippen molar-refractivity contribution in [3.8, 4) is 28.7 Å². The van der Waals surface area contributed by atoms with E-state index >= 15 is 0 Å².